The van der Waals surface area contributed by atoms with Crippen molar-refractivity contribution >= 4 is 0 Å². The molecule has 0 aliphatic rings. The maximum atomic E-state index is 10.3. The van der Waals surface area contributed by atoms with Gasteiger partial charge in [-0.25, -0.2) is 0 Å². The van der Waals surface area contributed by atoms with Crippen LogP contribution in [-0.4, -0.2) is 24.3 Å². The van der Waals surface area contributed by atoms with Crippen molar-refractivity contribution in [2.75, 3.05) is 14.2 Å². The molecule has 0 bridgehead atoms. The number of ether oxygens (including phenoxy) is 2. The summed E-state index contributed by atoms with van der Waals surface area (Å²) in [7, 11) is 3.19. The molecule has 106 valence electrons. The molecule has 0 amide bonds. The number of aryl methyl sites for hydroxylation is 1. The number of aliphatic hydroxyl groups excluding tert-OH is 1. The third kappa shape index (κ3) is 3.48. The van der Waals surface area contributed by atoms with Crippen LogP contribution in [-0.2, 0) is 6.42 Å². The van der Waals surface area contributed by atoms with Crippen molar-refractivity contribution in [1.82, 2.24) is 4.98 Å². The number of rotatable bonds is 6. The summed E-state index contributed by atoms with van der Waals surface area (Å²) >= 11 is 0. The lowest BCUT2D eigenvalue weighted by atomic mass is 10.0. The van der Waals surface area contributed by atoms with E-state index in [1.807, 2.05) is 30.5 Å². The van der Waals surface area contributed by atoms with Crippen LogP contribution >= 0.6 is 0 Å². The summed E-state index contributed by atoms with van der Waals surface area (Å²) in [6.07, 6.45) is 4.37. The van der Waals surface area contributed by atoms with E-state index in [9.17, 15) is 5.11 Å². The van der Waals surface area contributed by atoms with Gasteiger partial charge in [0.15, 0.2) is 0 Å². The second-order valence-electron chi connectivity index (χ2n) is 4.52. The molecule has 0 spiro atoms. The molecule has 0 saturated carbocycles. The Morgan fingerprint density at radius 2 is 2.05 bits per heavy atom. The van der Waals surface area contributed by atoms with Gasteiger partial charge in [0.1, 0.15) is 11.5 Å². The summed E-state index contributed by atoms with van der Waals surface area (Å²) in [4.78, 5) is 4.07. The molecule has 2 rings (SSSR count). The van der Waals surface area contributed by atoms with Gasteiger partial charge >= 0.3 is 0 Å². The minimum absolute atomic E-state index is 0.573. The van der Waals surface area contributed by atoms with Gasteiger partial charge in [-0.05, 0) is 36.6 Å². The molecule has 0 radical (unpaired) electrons. The van der Waals surface area contributed by atoms with Gasteiger partial charge in [0.2, 0.25) is 0 Å². The lowest BCUT2D eigenvalue weighted by Crippen LogP contribution is -2.03. The second kappa shape index (κ2) is 6.91. The van der Waals surface area contributed by atoms with Gasteiger partial charge < -0.3 is 14.6 Å². The largest absolute Gasteiger partial charge is 0.497 e. The lowest BCUT2D eigenvalue weighted by molar-refractivity contribution is 0.163. The standard InChI is InChI=1S/C16H19NO3/c1-19-13-6-7-14(16(10-13)20-2)15(18)8-5-12-4-3-9-17-11-12/h3-4,6-7,9-11,15,18H,5,8H2,1-2H3. The van der Waals surface area contributed by atoms with Crippen molar-refractivity contribution in [3.05, 3.63) is 53.9 Å². The normalized spacial score (nSPS) is 11.9. The number of aliphatic hydroxyl groups is 1. The smallest absolute Gasteiger partial charge is 0.128 e. The third-order valence-electron chi connectivity index (χ3n) is 3.23. The van der Waals surface area contributed by atoms with E-state index in [1.54, 1.807) is 26.5 Å². The van der Waals surface area contributed by atoms with Gasteiger partial charge in [-0.1, -0.05) is 6.07 Å². The maximum absolute atomic E-state index is 10.3. The summed E-state index contributed by atoms with van der Waals surface area (Å²) in [6, 6.07) is 9.35. The van der Waals surface area contributed by atoms with Crippen molar-refractivity contribution < 1.29 is 14.6 Å². The zero-order valence-corrected chi connectivity index (χ0v) is 11.7. The van der Waals surface area contributed by atoms with E-state index >= 15 is 0 Å². The lowest BCUT2D eigenvalue weighted by Gasteiger charge is -2.15. The Labute approximate surface area is 119 Å². The molecule has 4 heteroatoms. The molecule has 1 atom stereocenters. The Kier molecular flexibility index (Phi) is 4.96. The van der Waals surface area contributed by atoms with E-state index in [1.165, 1.54) is 0 Å². The summed E-state index contributed by atoms with van der Waals surface area (Å²) in [5.74, 6) is 1.35. The SMILES string of the molecule is COc1ccc(C(O)CCc2cccnc2)c(OC)c1. The Hall–Kier alpha value is -2.07. The molecule has 1 unspecified atom stereocenters. The first kappa shape index (κ1) is 14.3. The van der Waals surface area contributed by atoms with Crippen LogP contribution in [0.1, 0.15) is 23.7 Å². The molecule has 0 aliphatic carbocycles. The van der Waals surface area contributed by atoms with Crippen molar-refractivity contribution in [2.45, 2.75) is 18.9 Å². The van der Waals surface area contributed by atoms with E-state index in [-0.39, 0.29) is 0 Å². The van der Waals surface area contributed by atoms with E-state index in [4.69, 9.17) is 9.47 Å². The minimum atomic E-state index is -0.573. The topological polar surface area (TPSA) is 51.6 Å². The van der Waals surface area contributed by atoms with Crippen LogP contribution in [0, 0.1) is 0 Å². The minimum Gasteiger partial charge on any atom is -0.497 e. The molecule has 0 aliphatic heterocycles. The number of hydrogen-bond acceptors (Lipinski definition) is 4. The fourth-order valence-corrected chi connectivity index (χ4v) is 2.10. The van der Waals surface area contributed by atoms with Crippen molar-refractivity contribution in [1.29, 1.82) is 0 Å². The number of aromatic nitrogens is 1. The first-order chi connectivity index (χ1) is 9.74. The highest BCUT2D eigenvalue weighted by Gasteiger charge is 2.14. The highest BCUT2D eigenvalue weighted by atomic mass is 16.5. The molecule has 0 saturated heterocycles. The molecule has 4 nitrogen and oxygen atoms in total. The average Bonchev–Trinajstić information content (AvgIpc) is 2.52. The zero-order valence-electron chi connectivity index (χ0n) is 11.7. The van der Waals surface area contributed by atoms with Gasteiger partial charge in [0, 0.05) is 24.0 Å². The third-order valence-corrected chi connectivity index (χ3v) is 3.23. The van der Waals surface area contributed by atoms with Gasteiger partial charge in [-0.15, -0.1) is 0 Å². The maximum Gasteiger partial charge on any atom is 0.128 e. The Morgan fingerprint density at radius 1 is 1.20 bits per heavy atom. The molecule has 0 fully saturated rings. The number of pyridine rings is 1. The van der Waals surface area contributed by atoms with Crippen LogP contribution in [0.15, 0.2) is 42.7 Å². The van der Waals surface area contributed by atoms with E-state index in [2.05, 4.69) is 4.98 Å². The van der Waals surface area contributed by atoms with E-state index in [0.717, 1.165) is 17.5 Å². The van der Waals surface area contributed by atoms with Gasteiger partial charge in [0.25, 0.3) is 0 Å². The van der Waals surface area contributed by atoms with Gasteiger partial charge in [0.05, 0.1) is 20.3 Å². The molecular weight excluding hydrogens is 254 g/mol. The van der Waals surface area contributed by atoms with E-state index < -0.39 is 6.10 Å². The van der Waals surface area contributed by atoms with Crippen LogP contribution in [0.25, 0.3) is 0 Å². The van der Waals surface area contributed by atoms with Crippen molar-refractivity contribution in [2.24, 2.45) is 0 Å². The van der Waals surface area contributed by atoms with Crippen LogP contribution in [0.3, 0.4) is 0 Å². The molecule has 2 aromatic rings. The van der Waals surface area contributed by atoms with Crippen LogP contribution in [0.5, 0.6) is 11.5 Å². The summed E-state index contributed by atoms with van der Waals surface area (Å²) < 4.78 is 10.5. The highest BCUT2D eigenvalue weighted by molar-refractivity contribution is 5.42. The monoisotopic (exact) mass is 273 g/mol. The zero-order chi connectivity index (χ0) is 14.4. The van der Waals surface area contributed by atoms with Gasteiger partial charge in [-0.3, -0.25) is 4.98 Å². The number of benzene rings is 1. The first-order valence-electron chi connectivity index (χ1n) is 6.53. The quantitative estimate of drug-likeness (QED) is 0.879. The Morgan fingerprint density at radius 3 is 2.70 bits per heavy atom. The van der Waals surface area contributed by atoms with Crippen LogP contribution in [0.2, 0.25) is 0 Å². The Bertz CT molecular complexity index is 543. The highest BCUT2D eigenvalue weighted by Crippen LogP contribution is 2.31. The fourth-order valence-electron chi connectivity index (χ4n) is 2.10. The summed E-state index contributed by atoms with van der Waals surface area (Å²) in [5, 5.41) is 10.3. The Balaban J connectivity index is 2.07. The molecular formula is C16H19NO3. The van der Waals surface area contributed by atoms with Crippen LogP contribution < -0.4 is 9.47 Å². The predicted octanol–water partition coefficient (Wildman–Crippen LogP) is 2.77. The van der Waals surface area contributed by atoms with Crippen LogP contribution in [0.4, 0.5) is 0 Å². The van der Waals surface area contributed by atoms with Gasteiger partial charge in [-0.2, -0.15) is 0 Å². The molecule has 1 N–H and O–H groups in total. The molecule has 1 aromatic heterocycles. The molecule has 20 heavy (non-hydrogen) atoms. The number of methoxy groups -OCH3 is 2. The molecule has 1 aromatic carbocycles. The number of nitrogens with zero attached hydrogens (tertiary/aromatic N) is 1. The first-order valence-corrected chi connectivity index (χ1v) is 6.53. The summed E-state index contributed by atoms with van der Waals surface area (Å²) in [5.41, 5.74) is 1.89. The average molecular weight is 273 g/mol. The second-order valence-corrected chi connectivity index (χ2v) is 4.52. The molecule has 1 heterocycles. The van der Waals surface area contributed by atoms with Crippen molar-refractivity contribution in [3.8, 4) is 11.5 Å². The van der Waals surface area contributed by atoms with E-state index in [0.29, 0.717) is 17.9 Å². The summed E-state index contributed by atoms with van der Waals surface area (Å²) in [6.45, 7) is 0. The van der Waals surface area contributed by atoms with Crippen molar-refractivity contribution in [3.63, 3.8) is 0 Å². The number of hydrogen-bond donors (Lipinski definition) is 1. The fraction of sp³-hybridized carbons (Fsp3) is 0.312. The predicted molar refractivity (Wildman–Crippen MR) is 77.1 cm³/mol.